The summed E-state index contributed by atoms with van der Waals surface area (Å²) in [6.07, 6.45) is 0.655. The molecule has 1 atom stereocenters. The molecule has 0 heterocycles. The maximum atomic E-state index is 13.7. The smallest absolute Gasteiger partial charge is 0.254 e. The van der Waals surface area contributed by atoms with Crippen molar-refractivity contribution < 1.29 is 9.18 Å². The fourth-order valence-corrected chi connectivity index (χ4v) is 2.71. The van der Waals surface area contributed by atoms with Gasteiger partial charge in [0.05, 0.1) is 6.04 Å². The van der Waals surface area contributed by atoms with Gasteiger partial charge in [-0.05, 0) is 30.0 Å². The van der Waals surface area contributed by atoms with Gasteiger partial charge >= 0.3 is 0 Å². The third-order valence-corrected chi connectivity index (χ3v) is 3.84. The van der Waals surface area contributed by atoms with E-state index in [2.05, 4.69) is 13.8 Å². The zero-order chi connectivity index (χ0) is 16.7. The van der Waals surface area contributed by atoms with Crippen LogP contribution in [0, 0.1) is 5.92 Å². The number of carbonyl (C=O) groups excluding carboxylic acids is 1. The van der Waals surface area contributed by atoms with Crippen molar-refractivity contribution in [1.29, 1.82) is 0 Å². The first-order valence-corrected chi connectivity index (χ1v) is 8.07. The van der Waals surface area contributed by atoms with E-state index in [0.717, 1.165) is 5.56 Å². The fourth-order valence-electron chi connectivity index (χ4n) is 2.71. The van der Waals surface area contributed by atoms with Crippen LogP contribution in [0.5, 0.6) is 0 Å². The number of nitrogens with zero attached hydrogens (tertiary/aromatic N) is 1. The second kappa shape index (κ2) is 8.47. The Labute approximate surface area is 137 Å². The molecule has 2 aromatic rings. The molecule has 0 saturated carbocycles. The molecule has 2 nitrogen and oxygen atoms in total. The van der Waals surface area contributed by atoms with Crippen molar-refractivity contribution in [2.75, 3.05) is 6.67 Å². The molecule has 2 rings (SSSR count). The van der Waals surface area contributed by atoms with Gasteiger partial charge in [0.25, 0.3) is 5.91 Å². The minimum atomic E-state index is -0.524. The summed E-state index contributed by atoms with van der Waals surface area (Å²) in [6.45, 7) is 4.01. The highest BCUT2D eigenvalue weighted by atomic mass is 19.1. The SMILES string of the molecule is CC(C)C[C@@H](CF)N(Cc1ccccc1)C(=O)c1ccccc1. The number of rotatable bonds is 7. The third-order valence-electron chi connectivity index (χ3n) is 3.84. The molecule has 3 heteroatoms. The molecule has 0 N–H and O–H groups in total. The Morgan fingerprint density at radius 2 is 1.57 bits per heavy atom. The molecule has 2 aromatic carbocycles. The van der Waals surface area contributed by atoms with Crippen LogP contribution < -0.4 is 0 Å². The number of alkyl halides is 1. The second-order valence-electron chi connectivity index (χ2n) is 6.22. The van der Waals surface area contributed by atoms with E-state index in [0.29, 0.717) is 24.4 Å². The molecule has 23 heavy (non-hydrogen) atoms. The lowest BCUT2D eigenvalue weighted by Gasteiger charge is -2.31. The fraction of sp³-hybridized carbons (Fsp3) is 0.350. The van der Waals surface area contributed by atoms with E-state index in [4.69, 9.17) is 0 Å². The molecule has 0 radical (unpaired) electrons. The molecular formula is C20H24FNO. The average Bonchev–Trinajstić information content (AvgIpc) is 2.59. The number of amides is 1. The van der Waals surface area contributed by atoms with Crippen molar-refractivity contribution in [2.45, 2.75) is 32.9 Å². The number of hydrogen-bond acceptors (Lipinski definition) is 1. The highest BCUT2D eigenvalue weighted by molar-refractivity contribution is 5.94. The van der Waals surface area contributed by atoms with E-state index in [1.807, 2.05) is 48.5 Å². The summed E-state index contributed by atoms with van der Waals surface area (Å²) >= 11 is 0. The van der Waals surface area contributed by atoms with E-state index >= 15 is 0 Å². The van der Waals surface area contributed by atoms with Crippen LogP contribution in [-0.4, -0.2) is 23.5 Å². The molecule has 0 aliphatic rings. The topological polar surface area (TPSA) is 20.3 Å². The van der Waals surface area contributed by atoms with Gasteiger partial charge in [-0.1, -0.05) is 62.4 Å². The first-order valence-electron chi connectivity index (χ1n) is 8.07. The van der Waals surface area contributed by atoms with Crippen LogP contribution in [-0.2, 0) is 6.54 Å². The molecule has 1 amide bonds. The first kappa shape index (κ1) is 17.2. The summed E-state index contributed by atoms with van der Waals surface area (Å²) in [4.78, 5) is 14.6. The van der Waals surface area contributed by atoms with E-state index in [-0.39, 0.29) is 5.91 Å². The van der Waals surface area contributed by atoms with Crippen molar-refractivity contribution in [2.24, 2.45) is 5.92 Å². The van der Waals surface area contributed by atoms with Crippen molar-refractivity contribution in [3.8, 4) is 0 Å². The van der Waals surface area contributed by atoms with Gasteiger partial charge in [0.2, 0.25) is 0 Å². The molecule has 0 aliphatic heterocycles. The van der Waals surface area contributed by atoms with Crippen molar-refractivity contribution in [1.82, 2.24) is 4.90 Å². The highest BCUT2D eigenvalue weighted by Gasteiger charge is 2.25. The van der Waals surface area contributed by atoms with Crippen LogP contribution in [0.4, 0.5) is 4.39 Å². The summed E-state index contributed by atoms with van der Waals surface area (Å²) in [6, 6.07) is 18.5. The van der Waals surface area contributed by atoms with E-state index in [1.165, 1.54) is 0 Å². The summed E-state index contributed by atoms with van der Waals surface area (Å²) in [5.74, 6) is 0.218. The Balaban J connectivity index is 2.28. The van der Waals surface area contributed by atoms with Gasteiger partial charge in [-0.3, -0.25) is 4.79 Å². The van der Waals surface area contributed by atoms with Gasteiger partial charge in [0, 0.05) is 12.1 Å². The largest absolute Gasteiger partial charge is 0.329 e. The summed E-state index contributed by atoms with van der Waals surface area (Å²) < 4.78 is 13.7. The molecule has 0 aliphatic carbocycles. The molecule has 0 spiro atoms. The Bertz CT molecular complexity index is 598. The minimum Gasteiger partial charge on any atom is -0.329 e. The van der Waals surface area contributed by atoms with Gasteiger partial charge in [-0.15, -0.1) is 0 Å². The maximum Gasteiger partial charge on any atom is 0.254 e. The van der Waals surface area contributed by atoms with Gasteiger partial charge in [-0.25, -0.2) is 4.39 Å². The van der Waals surface area contributed by atoms with Crippen LogP contribution in [0.2, 0.25) is 0 Å². The van der Waals surface area contributed by atoms with Crippen molar-refractivity contribution in [3.63, 3.8) is 0 Å². The Morgan fingerprint density at radius 3 is 2.09 bits per heavy atom. The lowest BCUT2D eigenvalue weighted by Crippen LogP contribution is -2.42. The molecule has 0 unspecified atom stereocenters. The van der Waals surface area contributed by atoms with Crippen LogP contribution in [0.1, 0.15) is 36.2 Å². The predicted molar refractivity (Wildman–Crippen MR) is 92.0 cm³/mol. The van der Waals surface area contributed by atoms with Crippen LogP contribution >= 0.6 is 0 Å². The lowest BCUT2D eigenvalue weighted by molar-refractivity contribution is 0.0600. The van der Waals surface area contributed by atoms with Crippen molar-refractivity contribution in [3.05, 3.63) is 71.8 Å². The highest BCUT2D eigenvalue weighted by Crippen LogP contribution is 2.19. The number of hydrogen-bond donors (Lipinski definition) is 0. The van der Waals surface area contributed by atoms with Gasteiger partial charge in [0.1, 0.15) is 6.67 Å². The monoisotopic (exact) mass is 313 g/mol. The number of carbonyl (C=O) groups is 1. The summed E-state index contributed by atoms with van der Waals surface area (Å²) in [5.41, 5.74) is 1.62. The molecular weight excluding hydrogens is 289 g/mol. The van der Waals surface area contributed by atoms with E-state index in [1.54, 1.807) is 17.0 Å². The number of halogens is 1. The normalized spacial score (nSPS) is 12.2. The quantitative estimate of drug-likeness (QED) is 0.724. The van der Waals surface area contributed by atoms with Gasteiger partial charge in [-0.2, -0.15) is 0 Å². The van der Waals surface area contributed by atoms with Crippen molar-refractivity contribution >= 4 is 5.91 Å². The average molecular weight is 313 g/mol. The first-order chi connectivity index (χ1) is 11.1. The predicted octanol–water partition coefficient (Wildman–Crippen LogP) is 4.71. The van der Waals surface area contributed by atoms with Crippen LogP contribution in [0.3, 0.4) is 0 Å². The zero-order valence-electron chi connectivity index (χ0n) is 13.8. The summed E-state index contributed by atoms with van der Waals surface area (Å²) in [5, 5.41) is 0. The molecule has 0 aromatic heterocycles. The Morgan fingerprint density at radius 1 is 1.00 bits per heavy atom. The Hall–Kier alpha value is -2.16. The maximum absolute atomic E-state index is 13.7. The van der Waals surface area contributed by atoms with Crippen LogP contribution in [0.15, 0.2) is 60.7 Å². The second-order valence-corrected chi connectivity index (χ2v) is 6.22. The Kier molecular flexibility index (Phi) is 6.33. The van der Waals surface area contributed by atoms with Gasteiger partial charge < -0.3 is 4.90 Å². The molecule has 122 valence electrons. The van der Waals surface area contributed by atoms with Crippen LogP contribution in [0.25, 0.3) is 0 Å². The summed E-state index contributed by atoms with van der Waals surface area (Å²) in [7, 11) is 0. The molecule has 0 fully saturated rings. The lowest BCUT2D eigenvalue weighted by atomic mass is 10.0. The zero-order valence-corrected chi connectivity index (χ0v) is 13.8. The number of benzene rings is 2. The molecule has 0 bridgehead atoms. The standard InChI is InChI=1S/C20H24FNO/c1-16(2)13-19(14-21)22(15-17-9-5-3-6-10-17)20(23)18-11-7-4-8-12-18/h3-12,16,19H,13-15H2,1-2H3/t19-/m0/s1. The van der Waals surface area contributed by atoms with E-state index < -0.39 is 12.7 Å². The molecule has 0 saturated heterocycles. The minimum absolute atomic E-state index is 0.113. The van der Waals surface area contributed by atoms with Gasteiger partial charge in [0.15, 0.2) is 0 Å². The third kappa shape index (κ3) is 4.92. The van der Waals surface area contributed by atoms with E-state index in [9.17, 15) is 9.18 Å².